The van der Waals surface area contributed by atoms with E-state index in [2.05, 4.69) is 50.3 Å². The monoisotopic (exact) mass is 437 g/mol. The molecule has 0 spiro atoms. The van der Waals surface area contributed by atoms with Crippen LogP contribution in [0.1, 0.15) is 42.9 Å². The van der Waals surface area contributed by atoms with E-state index >= 15 is 0 Å². The van der Waals surface area contributed by atoms with E-state index in [-0.39, 0.29) is 0 Å². The first-order valence-corrected chi connectivity index (χ1v) is 11.4. The van der Waals surface area contributed by atoms with Crippen LogP contribution in [0.2, 0.25) is 0 Å². The molecule has 166 valence electrons. The van der Waals surface area contributed by atoms with Gasteiger partial charge in [0.05, 0.1) is 6.54 Å². The van der Waals surface area contributed by atoms with Gasteiger partial charge in [0.15, 0.2) is 5.82 Å². The fraction of sp³-hybridized carbons (Fsp3) is 0.269. The summed E-state index contributed by atoms with van der Waals surface area (Å²) in [5.74, 6) is 4.52. The SMILES string of the molecule is CC1=CC(Nc2cc(N3CCC(c4ncccn4)CC3)nc(/C=C/c3ccccc3)n2)=NC1. The zero-order chi connectivity index (χ0) is 22.5. The Balaban J connectivity index is 1.37. The number of rotatable bonds is 5. The third kappa shape index (κ3) is 5.31. The van der Waals surface area contributed by atoms with Gasteiger partial charge in [0, 0.05) is 37.5 Å². The van der Waals surface area contributed by atoms with Crippen molar-refractivity contribution in [2.24, 2.45) is 4.99 Å². The van der Waals surface area contributed by atoms with Crippen LogP contribution in [0, 0.1) is 0 Å². The second kappa shape index (κ2) is 9.73. The van der Waals surface area contributed by atoms with Gasteiger partial charge < -0.3 is 10.2 Å². The van der Waals surface area contributed by atoms with Crippen LogP contribution in [-0.2, 0) is 0 Å². The van der Waals surface area contributed by atoms with Crippen molar-refractivity contribution in [1.29, 1.82) is 0 Å². The summed E-state index contributed by atoms with van der Waals surface area (Å²) in [6.07, 6.45) is 11.7. The van der Waals surface area contributed by atoms with Gasteiger partial charge in [0.2, 0.25) is 0 Å². The second-order valence-electron chi connectivity index (χ2n) is 8.40. The quantitative estimate of drug-likeness (QED) is 0.629. The van der Waals surface area contributed by atoms with Crippen LogP contribution >= 0.6 is 0 Å². The summed E-state index contributed by atoms with van der Waals surface area (Å²) in [4.78, 5) is 25.3. The van der Waals surface area contributed by atoms with Crippen LogP contribution < -0.4 is 10.2 Å². The van der Waals surface area contributed by atoms with Gasteiger partial charge >= 0.3 is 0 Å². The van der Waals surface area contributed by atoms with Gasteiger partial charge in [0.25, 0.3) is 0 Å². The fourth-order valence-electron chi connectivity index (χ4n) is 4.12. The maximum atomic E-state index is 4.86. The molecular weight excluding hydrogens is 410 g/mol. The van der Waals surface area contributed by atoms with Gasteiger partial charge in [0.1, 0.15) is 23.3 Å². The number of piperidine rings is 1. The number of benzene rings is 1. The van der Waals surface area contributed by atoms with Crippen LogP contribution in [0.15, 0.2) is 71.5 Å². The van der Waals surface area contributed by atoms with Crippen molar-refractivity contribution in [3.05, 3.63) is 83.7 Å². The lowest BCUT2D eigenvalue weighted by molar-refractivity contribution is 0.483. The Morgan fingerprint density at radius 3 is 2.48 bits per heavy atom. The van der Waals surface area contributed by atoms with Crippen molar-refractivity contribution < 1.29 is 0 Å². The molecule has 0 amide bonds. The number of aliphatic imine (C=N–C) groups is 1. The molecule has 0 atom stereocenters. The summed E-state index contributed by atoms with van der Waals surface area (Å²) in [6, 6.07) is 14.1. The number of nitrogens with one attached hydrogen (secondary N) is 1. The summed E-state index contributed by atoms with van der Waals surface area (Å²) < 4.78 is 0. The number of hydrogen-bond donors (Lipinski definition) is 1. The molecule has 0 radical (unpaired) electrons. The molecule has 0 bridgehead atoms. The van der Waals surface area contributed by atoms with Gasteiger partial charge in [-0.3, -0.25) is 4.99 Å². The highest BCUT2D eigenvalue weighted by molar-refractivity contribution is 6.05. The smallest absolute Gasteiger partial charge is 0.156 e. The van der Waals surface area contributed by atoms with Crippen LogP contribution in [0.25, 0.3) is 12.2 Å². The lowest BCUT2D eigenvalue weighted by Crippen LogP contribution is -2.34. The van der Waals surface area contributed by atoms with E-state index in [0.717, 1.165) is 61.3 Å². The van der Waals surface area contributed by atoms with Crippen LogP contribution in [-0.4, -0.2) is 45.4 Å². The molecule has 2 aliphatic heterocycles. The highest BCUT2D eigenvalue weighted by Crippen LogP contribution is 2.28. The molecule has 4 heterocycles. The Bertz CT molecular complexity index is 1180. The topological polar surface area (TPSA) is 79.2 Å². The summed E-state index contributed by atoms with van der Waals surface area (Å²) in [5.41, 5.74) is 2.35. The molecule has 7 nitrogen and oxygen atoms in total. The van der Waals surface area contributed by atoms with Crippen molar-refractivity contribution in [1.82, 2.24) is 19.9 Å². The van der Waals surface area contributed by atoms with Crippen molar-refractivity contribution in [3.63, 3.8) is 0 Å². The zero-order valence-electron chi connectivity index (χ0n) is 18.7. The number of aromatic nitrogens is 4. The average molecular weight is 438 g/mol. The molecule has 3 aromatic rings. The van der Waals surface area contributed by atoms with Gasteiger partial charge in [-0.2, -0.15) is 0 Å². The van der Waals surface area contributed by atoms with Crippen molar-refractivity contribution >= 4 is 29.6 Å². The third-order valence-electron chi connectivity index (χ3n) is 5.86. The molecule has 2 aromatic heterocycles. The van der Waals surface area contributed by atoms with Crippen LogP contribution in [0.5, 0.6) is 0 Å². The van der Waals surface area contributed by atoms with Gasteiger partial charge in [-0.05, 0) is 49.1 Å². The predicted octanol–water partition coefficient (Wildman–Crippen LogP) is 4.59. The van der Waals surface area contributed by atoms with E-state index in [9.17, 15) is 0 Å². The van der Waals surface area contributed by atoms with E-state index in [1.807, 2.05) is 54.9 Å². The molecule has 7 heteroatoms. The standard InChI is InChI=1S/C26H27N7/c1-19-16-23(29-18-19)31-24-17-25(32-22(30-24)9-8-20-6-3-2-4-7-20)33-14-10-21(11-15-33)26-27-12-5-13-28-26/h2-9,12-13,16-17,21H,10-11,14-15,18H2,1H3,(H,29,30,31,32)/b9-8+. The summed E-state index contributed by atoms with van der Waals surface area (Å²) in [7, 11) is 0. The van der Waals surface area contributed by atoms with Crippen LogP contribution in [0.4, 0.5) is 11.6 Å². The second-order valence-corrected chi connectivity index (χ2v) is 8.40. The van der Waals surface area contributed by atoms with Gasteiger partial charge in [-0.1, -0.05) is 36.4 Å². The number of nitrogens with zero attached hydrogens (tertiary/aromatic N) is 6. The number of amidine groups is 1. The Kier molecular flexibility index (Phi) is 6.19. The van der Waals surface area contributed by atoms with Gasteiger partial charge in [-0.15, -0.1) is 0 Å². The fourth-order valence-corrected chi connectivity index (χ4v) is 4.12. The average Bonchev–Trinajstić information content (AvgIpc) is 3.28. The predicted molar refractivity (Wildman–Crippen MR) is 133 cm³/mol. The molecule has 33 heavy (non-hydrogen) atoms. The summed E-state index contributed by atoms with van der Waals surface area (Å²) in [6.45, 7) is 4.62. The molecule has 1 N–H and O–H groups in total. The van der Waals surface area contributed by atoms with E-state index in [1.54, 1.807) is 0 Å². The van der Waals surface area contributed by atoms with Crippen molar-refractivity contribution in [2.45, 2.75) is 25.7 Å². The van der Waals surface area contributed by atoms with E-state index in [0.29, 0.717) is 11.7 Å². The minimum absolute atomic E-state index is 0.389. The molecule has 1 fully saturated rings. The van der Waals surface area contributed by atoms with E-state index in [4.69, 9.17) is 9.97 Å². The maximum absolute atomic E-state index is 4.86. The number of hydrogen-bond acceptors (Lipinski definition) is 7. The molecule has 2 aliphatic rings. The minimum atomic E-state index is 0.389. The van der Waals surface area contributed by atoms with Crippen molar-refractivity contribution in [3.8, 4) is 0 Å². The lowest BCUT2D eigenvalue weighted by Gasteiger charge is -2.32. The molecule has 0 unspecified atom stereocenters. The Hall–Kier alpha value is -3.87. The Morgan fingerprint density at radius 1 is 0.970 bits per heavy atom. The highest BCUT2D eigenvalue weighted by atomic mass is 15.2. The van der Waals surface area contributed by atoms with Crippen molar-refractivity contribution in [2.75, 3.05) is 29.9 Å². The summed E-state index contributed by atoms with van der Waals surface area (Å²) >= 11 is 0. The number of anilines is 2. The Labute approximate surface area is 194 Å². The lowest BCUT2D eigenvalue weighted by atomic mass is 9.96. The first-order valence-electron chi connectivity index (χ1n) is 11.4. The maximum Gasteiger partial charge on any atom is 0.156 e. The molecule has 0 aliphatic carbocycles. The molecule has 1 aromatic carbocycles. The Morgan fingerprint density at radius 2 is 1.76 bits per heavy atom. The first-order chi connectivity index (χ1) is 16.2. The third-order valence-corrected chi connectivity index (χ3v) is 5.86. The molecular formula is C26H27N7. The largest absolute Gasteiger partial charge is 0.356 e. The highest BCUT2D eigenvalue weighted by Gasteiger charge is 2.24. The normalized spacial score (nSPS) is 16.7. The van der Waals surface area contributed by atoms with E-state index in [1.165, 1.54) is 5.57 Å². The molecule has 1 saturated heterocycles. The minimum Gasteiger partial charge on any atom is -0.356 e. The first kappa shape index (κ1) is 21.0. The van der Waals surface area contributed by atoms with Gasteiger partial charge in [-0.25, -0.2) is 19.9 Å². The molecule has 5 rings (SSSR count). The zero-order valence-corrected chi connectivity index (χ0v) is 18.7. The van der Waals surface area contributed by atoms with E-state index < -0.39 is 0 Å². The van der Waals surface area contributed by atoms with Crippen LogP contribution in [0.3, 0.4) is 0 Å². The summed E-state index contributed by atoms with van der Waals surface area (Å²) in [5, 5.41) is 3.37. The molecule has 0 saturated carbocycles.